The van der Waals surface area contributed by atoms with E-state index in [1.54, 1.807) is 10.6 Å². The van der Waals surface area contributed by atoms with Crippen molar-refractivity contribution in [2.75, 3.05) is 11.4 Å². The van der Waals surface area contributed by atoms with Crippen molar-refractivity contribution in [3.8, 4) is 0 Å². The summed E-state index contributed by atoms with van der Waals surface area (Å²) in [6, 6.07) is 13.5. The lowest BCUT2D eigenvalue weighted by molar-refractivity contribution is 0.0690. The first kappa shape index (κ1) is 12.0. The van der Waals surface area contributed by atoms with Gasteiger partial charge in [0, 0.05) is 18.4 Å². The standard InChI is InChI=1S/C16H13N3O2/c20-16(21)14-15(17-13-7-3-4-9-19(13)14)18-10-8-11-5-1-2-6-12(11)18/h1-7,9H,8,10H2,(H,20,21). The largest absolute Gasteiger partial charge is 0.476 e. The zero-order valence-electron chi connectivity index (χ0n) is 11.2. The number of imidazole rings is 1. The molecule has 5 heteroatoms. The maximum atomic E-state index is 11.7. The molecule has 0 amide bonds. The van der Waals surface area contributed by atoms with Gasteiger partial charge in [0.15, 0.2) is 11.5 Å². The Kier molecular flexibility index (Phi) is 2.47. The van der Waals surface area contributed by atoms with Crippen LogP contribution in [0.2, 0.25) is 0 Å². The molecule has 104 valence electrons. The summed E-state index contributed by atoms with van der Waals surface area (Å²) < 4.78 is 1.62. The molecule has 0 fully saturated rings. The molecule has 0 atom stereocenters. The van der Waals surface area contributed by atoms with Crippen LogP contribution in [0.3, 0.4) is 0 Å². The third-order valence-electron chi connectivity index (χ3n) is 3.86. The number of aromatic nitrogens is 2. The van der Waals surface area contributed by atoms with Crippen molar-refractivity contribution >= 4 is 23.1 Å². The summed E-state index contributed by atoms with van der Waals surface area (Å²) in [4.78, 5) is 18.2. The van der Waals surface area contributed by atoms with Crippen LogP contribution in [0.1, 0.15) is 16.1 Å². The molecule has 3 heterocycles. The van der Waals surface area contributed by atoms with E-state index in [-0.39, 0.29) is 5.69 Å². The SMILES string of the molecule is O=C(O)c1c(N2CCc3ccccc32)nc2ccccn12. The third kappa shape index (κ3) is 1.71. The number of nitrogens with zero attached hydrogens (tertiary/aromatic N) is 3. The van der Waals surface area contributed by atoms with Gasteiger partial charge in [-0.25, -0.2) is 9.78 Å². The van der Waals surface area contributed by atoms with Gasteiger partial charge in [-0.3, -0.25) is 4.40 Å². The minimum absolute atomic E-state index is 0.210. The molecule has 3 aromatic rings. The molecule has 1 N–H and O–H groups in total. The highest BCUT2D eigenvalue weighted by atomic mass is 16.4. The molecule has 0 spiro atoms. The van der Waals surface area contributed by atoms with Gasteiger partial charge in [0.25, 0.3) is 0 Å². The van der Waals surface area contributed by atoms with Gasteiger partial charge in [0.05, 0.1) is 0 Å². The molecule has 0 saturated carbocycles. The highest BCUT2D eigenvalue weighted by Gasteiger charge is 2.28. The van der Waals surface area contributed by atoms with E-state index in [4.69, 9.17) is 0 Å². The number of fused-ring (bicyclic) bond motifs is 2. The van der Waals surface area contributed by atoms with E-state index in [0.717, 1.165) is 18.7 Å². The number of rotatable bonds is 2. The van der Waals surface area contributed by atoms with Crippen LogP contribution in [0.25, 0.3) is 5.65 Å². The topological polar surface area (TPSA) is 57.8 Å². The minimum atomic E-state index is -0.965. The third-order valence-corrected chi connectivity index (χ3v) is 3.86. The highest BCUT2D eigenvalue weighted by Crippen LogP contribution is 2.35. The number of carboxylic acid groups (broad SMARTS) is 1. The number of hydrogen-bond donors (Lipinski definition) is 1. The van der Waals surface area contributed by atoms with Gasteiger partial charge in [0.1, 0.15) is 5.65 Å². The van der Waals surface area contributed by atoms with Crippen LogP contribution >= 0.6 is 0 Å². The number of para-hydroxylation sites is 1. The quantitative estimate of drug-likeness (QED) is 0.783. The Hall–Kier alpha value is -2.82. The predicted molar refractivity (Wildman–Crippen MR) is 79.3 cm³/mol. The zero-order chi connectivity index (χ0) is 14.4. The average Bonchev–Trinajstić information content (AvgIpc) is 3.08. The number of anilines is 2. The van der Waals surface area contributed by atoms with E-state index in [9.17, 15) is 9.90 Å². The van der Waals surface area contributed by atoms with Crippen LogP contribution < -0.4 is 4.90 Å². The molecular weight excluding hydrogens is 266 g/mol. The highest BCUT2D eigenvalue weighted by molar-refractivity contribution is 5.94. The van der Waals surface area contributed by atoms with E-state index in [0.29, 0.717) is 11.5 Å². The molecule has 0 unspecified atom stereocenters. The monoisotopic (exact) mass is 279 g/mol. The van der Waals surface area contributed by atoms with Crippen molar-refractivity contribution in [1.29, 1.82) is 0 Å². The van der Waals surface area contributed by atoms with Crippen LogP contribution in [0.5, 0.6) is 0 Å². The molecular formula is C16H13N3O2. The van der Waals surface area contributed by atoms with Crippen molar-refractivity contribution in [3.63, 3.8) is 0 Å². The number of carboxylic acids is 1. The predicted octanol–water partition coefficient (Wildman–Crippen LogP) is 2.73. The second-order valence-electron chi connectivity index (χ2n) is 5.05. The van der Waals surface area contributed by atoms with Gasteiger partial charge in [-0.15, -0.1) is 0 Å². The lowest BCUT2D eigenvalue weighted by atomic mass is 10.2. The molecule has 0 radical (unpaired) electrons. The number of benzene rings is 1. The van der Waals surface area contributed by atoms with E-state index in [2.05, 4.69) is 11.1 Å². The van der Waals surface area contributed by atoms with Crippen molar-refractivity contribution in [3.05, 3.63) is 59.9 Å². The molecule has 5 nitrogen and oxygen atoms in total. The molecule has 0 bridgehead atoms. The van der Waals surface area contributed by atoms with Crippen molar-refractivity contribution in [2.24, 2.45) is 0 Å². The number of aromatic carboxylic acids is 1. The molecule has 4 rings (SSSR count). The van der Waals surface area contributed by atoms with Gasteiger partial charge in [0.2, 0.25) is 0 Å². The van der Waals surface area contributed by atoms with Crippen molar-refractivity contribution < 1.29 is 9.90 Å². The zero-order valence-corrected chi connectivity index (χ0v) is 11.2. The number of hydrogen-bond acceptors (Lipinski definition) is 3. The fraction of sp³-hybridized carbons (Fsp3) is 0.125. The van der Waals surface area contributed by atoms with Crippen molar-refractivity contribution in [1.82, 2.24) is 9.38 Å². The fourth-order valence-corrected chi connectivity index (χ4v) is 2.93. The van der Waals surface area contributed by atoms with Gasteiger partial charge in [-0.2, -0.15) is 0 Å². The maximum Gasteiger partial charge on any atom is 0.356 e. The van der Waals surface area contributed by atoms with E-state index < -0.39 is 5.97 Å². The minimum Gasteiger partial charge on any atom is -0.476 e. The summed E-state index contributed by atoms with van der Waals surface area (Å²) in [6.45, 7) is 0.753. The summed E-state index contributed by atoms with van der Waals surface area (Å²) in [5.41, 5.74) is 3.13. The summed E-state index contributed by atoms with van der Waals surface area (Å²) in [5.74, 6) is -0.452. The van der Waals surface area contributed by atoms with E-state index in [1.807, 2.05) is 41.3 Å². The Balaban J connectivity index is 1.96. The maximum absolute atomic E-state index is 11.7. The number of carbonyl (C=O) groups is 1. The van der Waals surface area contributed by atoms with Crippen LogP contribution in [-0.4, -0.2) is 27.0 Å². The summed E-state index contributed by atoms with van der Waals surface area (Å²) in [5, 5.41) is 9.57. The molecule has 1 aliphatic heterocycles. The molecule has 1 aromatic carbocycles. The molecule has 2 aromatic heterocycles. The van der Waals surface area contributed by atoms with Gasteiger partial charge in [-0.05, 0) is 30.2 Å². The van der Waals surface area contributed by atoms with Gasteiger partial charge >= 0.3 is 5.97 Å². The first-order valence-electron chi connectivity index (χ1n) is 6.81. The van der Waals surface area contributed by atoms with Crippen LogP contribution in [0.4, 0.5) is 11.5 Å². The molecule has 21 heavy (non-hydrogen) atoms. The lowest BCUT2D eigenvalue weighted by Gasteiger charge is -2.17. The lowest BCUT2D eigenvalue weighted by Crippen LogP contribution is -2.17. The Morgan fingerprint density at radius 2 is 1.95 bits per heavy atom. The first-order valence-corrected chi connectivity index (χ1v) is 6.81. The Bertz CT molecular complexity index is 854. The van der Waals surface area contributed by atoms with E-state index in [1.165, 1.54) is 5.56 Å². The second-order valence-corrected chi connectivity index (χ2v) is 5.05. The average molecular weight is 279 g/mol. The van der Waals surface area contributed by atoms with Crippen LogP contribution in [0.15, 0.2) is 48.7 Å². The Morgan fingerprint density at radius 3 is 2.81 bits per heavy atom. The van der Waals surface area contributed by atoms with E-state index >= 15 is 0 Å². The normalized spacial score (nSPS) is 13.6. The smallest absolute Gasteiger partial charge is 0.356 e. The molecule has 0 saturated heterocycles. The molecule has 0 aliphatic carbocycles. The summed E-state index contributed by atoms with van der Waals surface area (Å²) >= 11 is 0. The summed E-state index contributed by atoms with van der Waals surface area (Å²) in [7, 11) is 0. The number of pyridine rings is 1. The Labute approximate surface area is 121 Å². The summed E-state index contributed by atoms with van der Waals surface area (Å²) in [6.07, 6.45) is 2.64. The second kappa shape index (κ2) is 4.34. The van der Waals surface area contributed by atoms with Gasteiger partial charge in [-0.1, -0.05) is 24.3 Å². The Morgan fingerprint density at radius 1 is 1.14 bits per heavy atom. The van der Waals surface area contributed by atoms with Gasteiger partial charge < -0.3 is 10.0 Å². The van der Waals surface area contributed by atoms with Crippen LogP contribution in [-0.2, 0) is 6.42 Å². The van der Waals surface area contributed by atoms with Crippen LogP contribution in [0, 0.1) is 0 Å². The fourth-order valence-electron chi connectivity index (χ4n) is 2.93. The van der Waals surface area contributed by atoms with Crippen molar-refractivity contribution in [2.45, 2.75) is 6.42 Å². The molecule has 1 aliphatic rings. The first-order chi connectivity index (χ1) is 10.3.